The van der Waals surface area contributed by atoms with Crippen molar-refractivity contribution in [2.24, 2.45) is 5.92 Å². The minimum Gasteiger partial charge on any atom is -0.450 e. The molecule has 3 heteroatoms. The number of benzene rings is 1. The van der Waals surface area contributed by atoms with E-state index in [0.29, 0.717) is 0 Å². The number of rotatable bonds is 1. The summed E-state index contributed by atoms with van der Waals surface area (Å²) in [6, 6.07) is 10.5. The van der Waals surface area contributed by atoms with E-state index in [4.69, 9.17) is 15.0 Å². The van der Waals surface area contributed by atoms with Crippen molar-refractivity contribution in [1.29, 1.82) is 0 Å². The zero-order chi connectivity index (χ0) is 11.3. The summed E-state index contributed by atoms with van der Waals surface area (Å²) in [6.45, 7) is 2.27. The molecule has 3 nitrogen and oxygen atoms in total. The summed E-state index contributed by atoms with van der Waals surface area (Å²) in [7, 11) is 0. The normalized spacial score (nSPS) is 20.3. The van der Waals surface area contributed by atoms with Crippen LogP contribution in [0.15, 0.2) is 35.9 Å². The van der Waals surface area contributed by atoms with Crippen LogP contribution in [0.5, 0.6) is 0 Å². The second kappa shape index (κ2) is 5.20. The fourth-order valence-corrected chi connectivity index (χ4v) is 1.26. The van der Waals surface area contributed by atoms with Crippen LogP contribution in [0.25, 0.3) is 6.08 Å². The summed E-state index contributed by atoms with van der Waals surface area (Å²) in [5, 5.41) is 13.9. The maximum absolute atomic E-state index is 8.56. The Morgan fingerprint density at radius 3 is 2.20 bits per heavy atom. The SMILES string of the molecule is CC1CC1=Cc1ccccc1.O=C(O)O. The van der Waals surface area contributed by atoms with Gasteiger partial charge in [-0.15, -0.1) is 0 Å². The molecule has 2 N–H and O–H groups in total. The van der Waals surface area contributed by atoms with Crippen LogP contribution >= 0.6 is 0 Å². The largest absolute Gasteiger partial charge is 0.503 e. The van der Waals surface area contributed by atoms with Crippen molar-refractivity contribution in [3.63, 3.8) is 0 Å². The summed E-state index contributed by atoms with van der Waals surface area (Å²) in [5.74, 6) is 0.843. The molecule has 1 atom stereocenters. The molecule has 1 unspecified atom stereocenters. The average Bonchev–Trinajstić information content (AvgIpc) is 2.82. The lowest BCUT2D eigenvalue weighted by molar-refractivity contribution is 0.137. The first-order valence-corrected chi connectivity index (χ1v) is 4.77. The first-order chi connectivity index (χ1) is 7.09. The lowest BCUT2D eigenvalue weighted by Crippen LogP contribution is -1.81. The predicted molar refractivity (Wildman–Crippen MR) is 58.9 cm³/mol. The van der Waals surface area contributed by atoms with Crippen LogP contribution in [0.4, 0.5) is 4.79 Å². The second-order valence-electron chi connectivity index (χ2n) is 3.52. The van der Waals surface area contributed by atoms with E-state index in [-0.39, 0.29) is 0 Å². The molecular weight excluding hydrogens is 192 g/mol. The zero-order valence-corrected chi connectivity index (χ0v) is 8.55. The highest BCUT2D eigenvalue weighted by Gasteiger charge is 2.23. The van der Waals surface area contributed by atoms with Gasteiger partial charge in [-0.05, 0) is 17.9 Å². The van der Waals surface area contributed by atoms with E-state index in [9.17, 15) is 0 Å². The van der Waals surface area contributed by atoms with Crippen LogP contribution < -0.4 is 0 Å². The van der Waals surface area contributed by atoms with Crippen molar-refractivity contribution in [2.75, 3.05) is 0 Å². The third-order valence-electron chi connectivity index (χ3n) is 2.17. The zero-order valence-electron chi connectivity index (χ0n) is 8.55. The molecule has 1 fully saturated rings. The van der Waals surface area contributed by atoms with Gasteiger partial charge in [0.2, 0.25) is 0 Å². The number of allylic oxidation sites excluding steroid dienone is 1. The molecule has 1 aromatic rings. The summed E-state index contributed by atoms with van der Waals surface area (Å²) < 4.78 is 0. The molecule has 80 valence electrons. The summed E-state index contributed by atoms with van der Waals surface area (Å²) in [6.07, 6.45) is 1.76. The number of carbonyl (C=O) groups is 1. The van der Waals surface area contributed by atoms with Crippen molar-refractivity contribution in [1.82, 2.24) is 0 Å². The maximum Gasteiger partial charge on any atom is 0.503 e. The lowest BCUT2D eigenvalue weighted by atomic mass is 10.2. The van der Waals surface area contributed by atoms with Crippen LogP contribution in [0, 0.1) is 5.92 Å². The third kappa shape index (κ3) is 4.86. The molecule has 0 radical (unpaired) electrons. The van der Waals surface area contributed by atoms with Crippen molar-refractivity contribution in [2.45, 2.75) is 13.3 Å². The van der Waals surface area contributed by atoms with E-state index in [1.807, 2.05) is 0 Å². The standard InChI is InChI=1S/C11H12.CH2O3/c1-9-7-11(9)8-10-5-3-2-4-6-10;2-1(3)4/h2-6,8-9H,7H2,1H3;(H2,2,3,4). The van der Waals surface area contributed by atoms with Crippen molar-refractivity contribution in [3.8, 4) is 0 Å². The Kier molecular flexibility index (Phi) is 3.92. The van der Waals surface area contributed by atoms with Crippen LogP contribution in [0.1, 0.15) is 18.9 Å². The summed E-state index contributed by atoms with van der Waals surface area (Å²) >= 11 is 0. The van der Waals surface area contributed by atoms with E-state index in [1.54, 1.807) is 5.57 Å². The third-order valence-corrected chi connectivity index (χ3v) is 2.17. The first-order valence-electron chi connectivity index (χ1n) is 4.77. The van der Waals surface area contributed by atoms with E-state index in [0.717, 1.165) is 5.92 Å². The van der Waals surface area contributed by atoms with Gasteiger partial charge in [-0.3, -0.25) is 0 Å². The Labute approximate surface area is 88.7 Å². The Bertz CT molecular complexity index is 350. The van der Waals surface area contributed by atoms with Gasteiger partial charge in [-0.25, -0.2) is 4.79 Å². The maximum atomic E-state index is 8.56. The van der Waals surface area contributed by atoms with E-state index >= 15 is 0 Å². The minimum atomic E-state index is -1.83. The molecule has 0 spiro atoms. The molecule has 0 aromatic heterocycles. The van der Waals surface area contributed by atoms with Gasteiger partial charge in [-0.2, -0.15) is 0 Å². The summed E-state index contributed by atoms with van der Waals surface area (Å²) in [5.41, 5.74) is 2.93. The number of hydrogen-bond donors (Lipinski definition) is 2. The molecule has 0 bridgehead atoms. The van der Waals surface area contributed by atoms with Gasteiger partial charge in [0.1, 0.15) is 0 Å². The Morgan fingerprint density at radius 1 is 1.33 bits per heavy atom. The molecule has 1 saturated carbocycles. The minimum absolute atomic E-state index is 0.843. The Balaban J connectivity index is 0.000000245. The second-order valence-corrected chi connectivity index (χ2v) is 3.52. The Morgan fingerprint density at radius 2 is 1.80 bits per heavy atom. The lowest BCUT2D eigenvalue weighted by Gasteiger charge is -1.88. The van der Waals surface area contributed by atoms with Crippen LogP contribution in [0.2, 0.25) is 0 Å². The first kappa shape index (κ1) is 11.3. The number of carboxylic acid groups (broad SMARTS) is 2. The predicted octanol–water partition coefficient (Wildman–Crippen LogP) is 3.33. The van der Waals surface area contributed by atoms with Gasteiger partial charge in [0.15, 0.2) is 0 Å². The van der Waals surface area contributed by atoms with Crippen LogP contribution in [-0.4, -0.2) is 16.4 Å². The smallest absolute Gasteiger partial charge is 0.450 e. The monoisotopic (exact) mass is 206 g/mol. The highest BCUT2D eigenvalue weighted by molar-refractivity contribution is 5.57. The summed E-state index contributed by atoms with van der Waals surface area (Å²) in [4.78, 5) is 8.56. The van der Waals surface area contributed by atoms with E-state index in [1.165, 1.54) is 12.0 Å². The molecule has 1 aromatic carbocycles. The highest BCUT2D eigenvalue weighted by atomic mass is 16.6. The van der Waals surface area contributed by atoms with Gasteiger partial charge in [0, 0.05) is 0 Å². The molecule has 0 heterocycles. The molecule has 2 rings (SSSR count). The fraction of sp³-hybridized carbons (Fsp3) is 0.250. The van der Waals surface area contributed by atoms with Gasteiger partial charge in [-0.1, -0.05) is 48.9 Å². The molecule has 0 saturated heterocycles. The van der Waals surface area contributed by atoms with Crippen molar-refractivity contribution >= 4 is 12.2 Å². The number of hydrogen-bond acceptors (Lipinski definition) is 1. The molecule has 15 heavy (non-hydrogen) atoms. The van der Waals surface area contributed by atoms with Crippen LogP contribution in [-0.2, 0) is 0 Å². The van der Waals surface area contributed by atoms with Crippen LogP contribution in [0.3, 0.4) is 0 Å². The average molecular weight is 206 g/mol. The molecule has 0 amide bonds. The van der Waals surface area contributed by atoms with E-state index in [2.05, 4.69) is 43.3 Å². The van der Waals surface area contributed by atoms with Gasteiger partial charge >= 0.3 is 6.16 Å². The van der Waals surface area contributed by atoms with Crippen molar-refractivity contribution < 1.29 is 15.0 Å². The molecule has 1 aliphatic rings. The van der Waals surface area contributed by atoms with Gasteiger partial charge in [0.05, 0.1) is 0 Å². The Hall–Kier alpha value is -1.77. The van der Waals surface area contributed by atoms with Crippen molar-refractivity contribution in [3.05, 3.63) is 41.5 Å². The van der Waals surface area contributed by atoms with Gasteiger partial charge in [0.25, 0.3) is 0 Å². The van der Waals surface area contributed by atoms with E-state index < -0.39 is 6.16 Å². The molecule has 0 aliphatic heterocycles. The molecular formula is C12H14O3. The highest BCUT2D eigenvalue weighted by Crippen LogP contribution is 2.38. The fourth-order valence-electron chi connectivity index (χ4n) is 1.26. The topological polar surface area (TPSA) is 57.5 Å². The quantitative estimate of drug-likeness (QED) is 0.740. The molecule has 1 aliphatic carbocycles. The van der Waals surface area contributed by atoms with Gasteiger partial charge < -0.3 is 10.2 Å².